The van der Waals surface area contributed by atoms with Crippen LogP contribution in [0.4, 0.5) is 0 Å². The Kier molecular flexibility index (Phi) is 5.41. The number of hydrogen-bond donors (Lipinski definition) is 2. The third kappa shape index (κ3) is 3.00. The lowest BCUT2D eigenvalue weighted by Crippen LogP contribution is -2.63. The minimum Gasteiger partial charge on any atom is -0.392 e. The zero-order chi connectivity index (χ0) is 31.7. The van der Waals surface area contributed by atoms with E-state index in [2.05, 4.69) is 51.0 Å². The van der Waals surface area contributed by atoms with E-state index in [1.165, 1.54) is 11.3 Å². The first kappa shape index (κ1) is 28.9. The van der Waals surface area contributed by atoms with Gasteiger partial charge in [0.05, 0.1) is 39.9 Å². The molecule has 2 saturated carbocycles. The van der Waals surface area contributed by atoms with Crippen LogP contribution in [-0.4, -0.2) is 44.2 Å². The highest BCUT2D eigenvalue weighted by Gasteiger charge is 2.68. The van der Waals surface area contributed by atoms with Crippen LogP contribution in [0.5, 0.6) is 0 Å². The monoisotopic (exact) mass is 597 g/mol. The van der Waals surface area contributed by atoms with Crippen LogP contribution in [0.25, 0.3) is 16.5 Å². The molecule has 6 nitrogen and oxygen atoms in total. The highest BCUT2D eigenvalue weighted by molar-refractivity contribution is 6.18. The molecule has 4 aliphatic carbocycles. The molecule has 8 rings (SSSR count). The Morgan fingerprint density at radius 1 is 1.09 bits per heavy atom. The Labute approximate surface area is 260 Å². The Morgan fingerprint density at radius 3 is 2.45 bits per heavy atom. The van der Waals surface area contributed by atoms with Crippen molar-refractivity contribution in [2.75, 3.05) is 0 Å². The predicted octanol–water partition coefficient (Wildman–Crippen LogP) is 6.80. The Morgan fingerprint density at radius 2 is 1.80 bits per heavy atom. The molecule has 0 amide bonds. The number of aromatic nitrogens is 1. The van der Waals surface area contributed by atoms with Crippen molar-refractivity contribution in [3.05, 3.63) is 52.2 Å². The van der Waals surface area contributed by atoms with Gasteiger partial charge < -0.3 is 24.3 Å². The molecule has 0 radical (unpaired) electrons. The van der Waals surface area contributed by atoms with Crippen molar-refractivity contribution in [2.24, 2.45) is 28.6 Å². The molecule has 2 fully saturated rings. The van der Waals surface area contributed by atoms with Crippen molar-refractivity contribution >= 4 is 28.5 Å². The van der Waals surface area contributed by atoms with Crippen LogP contribution in [0.2, 0.25) is 0 Å². The average molecular weight is 598 g/mol. The summed E-state index contributed by atoms with van der Waals surface area (Å²) in [7, 11) is 0. The van der Waals surface area contributed by atoms with Crippen molar-refractivity contribution < 1.29 is 24.5 Å². The molecule has 1 aromatic carbocycles. The maximum atomic E-state index is 14.7. The molecule has 234 valence electrons. The molecular weight excluding hydrogens is 550 g/mol. The number of carbonyl (C=O) groups excluding carboxylic acids is 2. The summed E-state index contributed by atoms with van der Waals surface area (Å²) in [6, 6.07) is 1.75. The molecule has 0 spiro atoms. The van der Waals surface area contributed by atoms with Gasteiger partial charge in [-0.2, -0.15) is 0 Å². The third-order valence-corrected chi connectivity index (χ3v) is 13.9. The predicted molar refractivity (Wildman–Crippen MR) is 171 cm³/mol. The first-order valence-electron chi connectivity index (χ1n) is 16.6. The molecule has 6 heteroatoms. The zero-order valence-electron chi connectivity index (χ0n) is 27.5. The largest absolute Gasteiger partial charge is 0.392 e. The van der Waals surface area contributed by atoms with Gasteiger partial charge in [0.25, 0.3) is 0 Å². The normalized spacial score (nSPS) is 42.3. The Hall–Kier alpha value is -2.54. The number of Topliss-reactive ketones (excluding diaryl/α,β-unsaturated/α-hetero) is 1. The van der Waals surface area contributed by atoms with E-state index < -0.39 is 34.9 Å². The van der Waals surface area contributed by atoms with Gasteiger partial charge in [0, 0.05) is 28.0 Å². The van der Waals surface area contributed by atoms with Gasteiger partial charge in [-0.1, -0.05) is 32.9 Å². The van der Waals surface area contributed by atoms with Gasteiger partial charge >= 0.3 is 0 Å². The number of fused-ring (bicyclic) bond motifs is 11. The minimum atomic E-state index is -0.846. The highest BCUT2D eigenvalue weighted by Crippen LogP contribution is 2.71. The summed E-state index contributed by atoms with van der Waals surface area (Å²) in [5.74, 6) is 0.180. The molecule has 2 unspecified atom stereocenters. The standard InChI is InChI=1S/C38H47NO5/c1-18(2)29-32(43)27-26-20(23-16-34(3,4)44-35(5,6)28(23)31(26)42)15-21-22-14-19-10-11-24-36(7,17-40)25(41)12-13-37(24,8)38(19,9)33(22)39(29)30(21)27/h15-17,19,24-25,28-29,31,41-42H,1,10-14H2,2-9H3/t19?,24-,25-,28?,29-,31+,36-,37-,38+/m0/s1. The van der Waals surface area contributed by atoms with Crippen LogP contribution in [-0.2, 0) is 21.4 Å². The second-order valence-electron chi connectivity index (χ2n) is 16.9. The molecule has 44 heavy (non-hydrogen) atoms. The molecule has 2 N–H and O–H groups in total. The number of nitrogens with zero attached hydrogens (tertiary/aromatic N) is 1. The van der Waals surface area contributed by atoms with E-state index in [0.29, 0.717) is 17.9 Å². The fraction of sp³-hybridized carbons (Fsp3) is 0.632. The van der Waals surface area contributed by atoms with Crippen LogP contribution in [0, 0.1) is 28.6 Å². The smallest absolute Gasteiger partial charge is 0.192 e. The maximum Gasteiger partial charge on any atom is 0.192 e. The second kappa shape index (κ2) is 8.24. The van der Waals surface area contributed by atoms with Crippen molar-refractivity contribution in [3.8, 4) is 0 Å². The molecule has 0 bridgehead atoms. The molecule has 9 atom stereocenters. The highest BCUT2D eigenvalue weighted by atomic mass is 16.5. The summed E-state index contributed by atoms with van der Waals surface area (Å²) in [5, 5.41) is 24.3. The van der Waals surface area contributed by atoms with Crippen molar-refractivity contribution in [1.29, 1.82) is 0 Å². The number of aliphatic hydroxyl groups is 2. The lowest BCUT2D eigenvalue weighted by atomic mass is 9.41. The van der Waals surface area contributed by atoms with Gasteiger partial charge in [-0.3, -0.25) is 4.79 Å². The summed E-state index contributed by atoms with van der Waals surface area (Å²) >= 11 is 0. The fourth-order valence-corrected chi connectivity index (χ4v) is 12.0. The van der Waals surface area contributed by atoms with Crippen LogP contribution in [0.1, 0.15) is 126 Å². The Balaban J connectivity index is 1.44. The number of rotatable bonds is 2. The van der Waals surface area contributed by atoms with Crippen LogP contribution < -0.4 is 0 Å². The van der Waals surface area contributed by atoms with Gasteiger partial charge in [0.1, 0.15) is 12.3 Å². The van der Waals surface area contributed by atoms with E-state index in [4.69, 9.17) is 4.74 Å². The van der Waals surface area contributed by atoms with Gasteiger partial charge in [-0.25, -0.2) is 0 Å². The number of aliphatic hydroxyl groups excluding tert-OH is 2. The summed E-state index contributed by atoms with van der Waals surface area (Å²) in [6.07, 6.45) is 5.95. The number of ketones is 1. The Bertz CT molecular complexity index is 1760. The number of carbonyl (C=O) groups is 2. The second-order valence-corrected chi connectivity index (χ2v) is 16.9. The summed E-state index contributed by atoms with van der Waals surface area (Å²) in [4.78, 5) is 27.4. The van der Waals surface area contributed by atoms with E-state index >= 15 is 0 Å². The van der Waals surface area contributed by atoms with E-state index in [1.54, 1.807) is 0 Å². The van der Waals surface area contributed by atoms with Crippen LogP contribution >= 0.6 is 0 Å². The number of ether oxygens (including phenoxy) is 1. The lowest BCUT2D eigenvalue weighted by molar-refractivity contribution is -0.168. The summed E-state index contributed by atoms with van der Waals surface area (Å²) in [6.45, 7) is 21.2. The third-order valence-electron chi connectivity index (χ3n) is 13.9. The zero-order valence-corrected chi connectivity index (χ0v) is 27.5. The molecule has 2 aliphatic heterocycles. The average Bonchev–Trinajstić information content (AvgIpc) is 3.59. The molecule has 3 heterocycles. The van der Waals surface area contributed by atoms with Crippen molar-refractivity contribution in [2.45, 2.75) is 122 Å². The first-order chi connectivity index (χ1) is 20.4. The SMILES string of the molecule is C=C(C)[C@H]1C(=O)c2c3c(cc4c5c(n1c24)[C@@]1(C)C(CC[C@H]2[C@](C)(C=O)[C@@H](O)CC[C@@]21C)C5)C1=CC(C)(C)OC(C)(C)C1[C@@H]3O. The van der Waals surface area contributed by atoms with Gasteiger partial charge in [-0.05, 0) is 113 Å². The first-order valence-corrected chi connectivity index (χ1v) is 16.6. The van der Waals surface area contributed by atoms with Gasteiger partial charge in [0.2, 0.25) is 0 Å². The summed E-state index contributed by atoms with van der Waals surface area (Å²) in [5.41, 5.74) is 5.32. The van der Waals surface area contributed by atoms with Crippen molar-refractivity contribution in [1.82, 2.24) is 4.57 Å². The van der Waals surface area contributed by atoms with Gasteiger partial charge in [-0.15, -0.1) is 0 Å². The molecule has 2 aromatic rings. The van der Waals surface area contributed by atoms with E-state index in [9.17, 15) is 19.8 Å². The lowest BCUT2D eigenvalue weighted by Gasteiger charge is -2.63. The fourth-order valence-electron chi connectivity index (χ4n) is 12.0. The number of allylic oxidation sites excluding steroid dienone is 1. The molecule has 6 aliphatic rings. The molecule has 0 saturated heterocycles. The van der Waals surface area contributed by atoms with Crippen molar-refractivity contribution in [3.63, 3.8) is 0 Å². The number of benzene rings is 1. The number of hydrogen-bond acceptors (Lipinski definition) is 5. The summed E-state index contributed by atoms with van der Waals surface area (Å²) < 4.78 is 8.81. The van der Waals surface area contributed by atoms with Gasteiger partial charge in [0.15, 0.2) is 5.78 Å². The topological polar surface area (TPSA) is 88.8 Å². The van der Waals surface area contributed by atoms with Crippen LogP contribution in [0.3, 0.4) is 0 Å². The maximum absolute atomic E-state index is 14.7. The minimum absolute atomic E-state index is 0.0230. The quantitative estimate of drug-likeness (QED) is 0.294. The van der Waals surface area contributed by atoms with E-state index in [1.807, 2.05) is 27.7 Å². The number of aldehydes is 1. The molecular formula is C38H47NO5. The van der Waals surface area contributed by atoms with E-state index in [-0.39, 0.29) is 28.4 Å². The van der Waals surface area contributed by atoms with E-state index in [0.717, 1.165) is 65.1 Å². The molecule has 1 aromatic heterocycles. The van der Waals surface area contributed by atoms with Crippen LogP contribution in [0.15, 0.2) is 24.3 Å².